The Bertz CT molecular complexity index is 505. The molecule has 1 aliphatic rings. The molecule has 0 saturated carbocycles. The second-order valence-electron chi connectivity index (χ2n) is 4.89. The Morgan fingerprint density at radius 3 is 2.53 bits per heavy atom. The molecule has 1 unspecified atom stereocenters. The van der Waals surface area contributed by atoms with Gasteiger partial charge in [-0.1, -0.05) is 36.4 Å². The first kappa shape index (κ1) is 11.6. The molecule has 17 heavy (non-hydrogen) atoms. The van der Waals surface area contributed by atoms with Gasteiger partial charge in [0, 0.05) is 5.41 Å². The van der Waals surface area contributed by atoms with E-state index in [0.29, 0.717) is 6.42 Å². The Hall–Kier alpha value is -1.88. The summed E-state index contributed by atoms with van der Waals surface area (Å²) < 4.78 is 0. The highest BCUT2D eigenvalue weighted by Gasteiger charge is 2.40. The third kappa shape index (κ3) is 1.89. The smallest absolute Gasteiger partial charge is 0.160 e. The predicted octanol–water partition coefficient (Wildman–Crippen LogP) is 3.21. The van der Waals surface area contributed by atoms with Crippen LogP contribution in [-0.4, -0.2) is 5.78 Å². The van der Waals surface area contributed by atoms with E-state index in [-0.39, 0.29) is 5.78 Å². The molecule has 0 spiro atoms. The minimum absolute atomic E-state index is 0.0290. The number of allylic oxidation sites excluding steroid dienone is 2. The average Bonchev–Trinajstić information content (AvgIpc) is 2.33. The SMILES string of the molecule is CC1(C)C(=O)C(C#N)CC=C1c1ccccc1. The summed E-state index contributed by atoms with van der Waals surface area (Å²) in [4.78, 5) is 12.2. The lowest BCUT2D eigenvalue weighted by Gasteiger charge is -2.32. The van der Waals surface area contributed by atoms with Crippen LogP contribution in [0, 0.1) is 22.7 Å². The van der Waals surface area contributed by atoms with Gasteiger partial charge in [0.1, 0.15) is 5.92 Å². The molecule has 1 aliphatic carbocycles. The summed E-state index contributed by atoms with van der Waals surface area (Å²) in [6.45, 7) is 3.80. The fourth-order valence-electron chi connectivity index (χ4n) is 2.37. The van der Waals surface area contributed by atoms with Gasteiger partial charge in [0.25, 0.3) is 0 Å². The van der Waals surface area contributed by atoms with Crippen LogP contribution in [0.5, 0.6) is 0 Å². The molecule has 0 saturated heterocycles. The summed E-state index contributed by atoms with van der Waals surface area (Å²) in [5, 5.41) is 8.95. The molecular formula is C15H15NO. The maximum absolute atomic E-state index is 12.2. The summed E-state index contributed by atoms with van der Waals surface area (Å²) in [5.41, 5.74) is 1.54. The van der Waals surface area contributed by atoms with Crippen molar-refractivity contribution in [1.29, 1.82) is 5.26 Å². The van der Waals surface area contributed by atoms with Crippen molar-refractivity contribution in [2.24, 2.45) is 11.3 Å². The Labute approximate surface area is 102 Å². The molecule has 0 bridgehead atoms. The van der Waals surface area contributed by atoms with Crippen LogP contribution in [0.25, 0.3) is 5.57 Å². The van der Waals surface area contributed by atoms with Crippen LogP contribution in [0.1, 0.15) is 25.8 Å². The van der Waals surface area contributed by atoms with E-state index in [2.05, 4.69) is 6.07 Å². The molecule has 2 nitrogen and oxygen atoms in total. The molecule has 1 aromatic rings. The highest BCUT2D eigenvalue weighted by molar-refractivity contribution is 6.01. The van der Waals surface area contributed by atoms with Crippen molar-refractivity contribution in [3.63, 3.8) is 0 Å². The van der Waals surface area contributed by atoms with Crippen LogP contribution in [0.15, 0.2) is 36.4 Å². The summed E-state index contributed by atoms with van der Waals surface area (Å²) in [5.74, 6) is -0.459. The van der Waals surface area contributed by atoms with Crippen molar-refractivity contribution in [2.75, 3.05) is 0 Å². The number of hydrogen-bond donors (Lipinski definition) is 0. The summed E-state index contributed by atoms with van der Waals surface area (Å²) in [7, 11) is 0. The molecule has 1 atom stereocenters. The van der Waals surface area contributed by atoms with Crippen LogP contribution in [0.2, 0.25) is 0 Å². The van der Waals surface area contributed by atoms with E-state index < -0.39 is 11.3 Å². The number of Topliss-reactive ketones (excluding diaryl/α,β-unsaturated/α-hetero) is 1. The lowest BCUT2D eigenvalue weighted by Crippen LogP contribution is -2.34. The van der Waals surface area contributed by atoms with Crippen LogP contribution >= 0.6 is 0 Å². The highest BCUT2D eigenvalue weighted by Crippen LogP contribution is 2.41. The van der Waals surface area contributed by atoms with Crippen LogP contribution in [-0.2, 0) is 4.79 Å². The van der Waals surface area contributed by atoms with Crippen LogP contribution < -0.4 is 0 Å². The van der Waals surface area contributed by atoms with E-state index in [1.165, 1.54) is 0 Å². The van der Waals surface area contributed by atoms with Gasteiger partial charge in [0.2, 0.25) is 0 Å². The molecule has 0 aromatic heterocycles. The second-order valence-corrected chi connectivity index (χ2v) is 4.89. The third-order valence-corrected chi connectivity index (χ3v) is 3.40. The van der Waals surface area contributed by atoms with Gasteiger partial charge in [-0.05, 0) is 31.4 Å². The zero-order valence-corrected chi connectivity index (χ0v) is 10.1. The zero-order valence-electron chi connectivity index (χ0n) is 10.1. The standard InChI is InChI=1S/C15H15NO/c1-15(2)13(11-6-4-3-5-7-11)9-8-12(10-16)14(15)17/h3-7,9,12H,8H2,1-2H3. The monoisotopic (exact) mass is 225 g/mol. The Morgan fingerprint density at radius 2 is 1.94 bits per heavy atom. The topological polar surface area (TPSA) is 40.9 Å². The van der Waals surface area contributed by atoms with E-state index >= 15 is 0 Å². The first-order chi connectivity index (χ1) is 8.07. The summed E-state index contributed by atoms with van der Waals surface area (Å²) in [6.07, 6.45) is 2.56. The fourth-order valence-corrected chi connectivity index (χ4v) is 2.37. The Morgan fingerprint density at radius 1 is 1.29 bits per heavy atom. The molecule has 86 valence electrons. The molecule has 0 radical (unpaired) electrons. The number of ketones is 1. The number of rotatable bonds is 1. The molecule has 0 N–H and O–H groups in total. The van der Waals surface area contributed by atoms with Gasteiger partial charge in [-0.2, -0.15) is 5.26 Å². The van der Waals surface area contributed by atoms with Gasteiger partial charge < -0.3 is 0 Å². The summed E-state index contributed by atoms with van der Waals surface area (Å²) >= 11 is 0. The fraction of sp³-hybridized carbons (Fsp3) is 0.333. The molecular weight excluding hydrogens is 210 g/mol. The van der Waals surface area contributed by atoms with Gasteiger partial charge in [0.05, 0.1) is 6.07 Å². The summed E-state index contributed by atoms with van der Waals surface area (Å²) in [6, 6.07) is 12.0. The number of benzene rings is 1. The first-order valence-corrected chi connectivity index (χ1v) is 5.77. The molecule has 0 amide bonds. The molecule has 1 aromatic carbocycles. The van der Waals surface area contributed by atoms with Crippen molar-refractivity contribution in [1.82, 2.24) is 0 Å². The minimum Gasteiger partial charge on any atom is -0.297 e. The molecule has 0 aliphatic heterocycles. The minimum atomic E-state index is -0.569. The second kappa shape index (κ2) is 4.18. The number of nitrogens with zero attached hydrogens (tertiary/aromatic N) is 1. The van der Waals surface area contributed by atoms with E-state index in [1.807, 2.05) is 50.3 Å². The largest absolute Gasteiger partial charge is 0.297 e. The Kier molecular flexibility index (Phi) is 2.85. The quantitative estimate of drug-likeness (QED) is 0.736. The molecule has 2 rings (SSSR count). The van der Waals surface area contributed by atoms with Gasteiger partial charge in [-0.25, -0.2) is 0 Å². The van der Waals surface area contributed by atoms with Gasteiger partial charge in [-0.3, -0.25) is 4.79 Å². The van der Waals surface area contributed by atoms with E-state index in [9.17, 15) is 4.79 Å². The van der Waals surface area contributed by atoms with E-state index in [0.717, 1.165) is 11.1 Å². The van der Waals surface area contributed by atoms with E-state index in [4.69, 9.17) is 5.26 Å². The molecule has 2 heteroatoms. The van der Waals surface area contributed by atoms with Crippen molar-refractivity contribution in [3.05, 3.63) is 42.0 Å². The zero-order chi connectivity index (χ0) is 12.5. The maximum atomic E-state index is 12.2. The number of carbonyl (C=O) groups is 1. The van der Waals surface area contributed by atoms with Crippen LogP contribution in [0.4, 0.5) is 0 Å². The van der Waals surface area contributed by atoms with Gasteiger partial charge >= 0.3 is 0 Å². The number of carbonyl (C=O) groups excluding carboxylic acids is 1. The van der Waals surface area contributed by atoms with Crippen molar-refractivity contribution in [3.8, 4) is 6.07 Å². The normalized spacial score (nSPS) is 22.8. The Balaban J connectivity index is 2.47. The van der Waals surface area contributed by atoms with Crippen molar-refractivity contribution < 1.29 is 4.79 Å². The van der Waals surface area contributed by atoms with Crippen molar-refractivity contribution in [2.45, 2.75) is 20.3 Å². The van der Waals surface area contributed by atoms with E-state index in [1.54, 1.807) is 0 Å². The predicted molar refractivity (Wildman–Crippen MR) is 66.9 cm³/mol. The lowest BCUT2D eigenvalue weighted by atomic mass is 9.68. The maximum Gasteiger partial charge on any atom is 0.160 e. The third-order valence-electron chi connectivity index (χ3n) is 3.40. The number of nitriles is 1. The van der Waals surface area contributed by atoms with Gasteiger partial charge in [0.15, 0.2) is 5.78 Å². The highest BCUT2D eigenvalue weighted by atomic mass is 16.1. The van der Waals surface area contributed by atoms with Gasteiger partial charge in [-0.15, -0.1) is 0 Å². The lowest BCUT2D eigenvalue weighted by molar-refractivity contribution is -0.127. The first-order valence-electron chi connectivity index (χ1n) is 5.77. The van der Waals surface area contributed by atoms with Crippen molar-refractivity contribution >= 4 is 11.4 Å². The number of hydrogen-bond acceptors (Lipinski definition) is 2. The molecule has 0 fully saturated rings. The molecule has 0 heterocycles. The van der Waals surface area contributed by atoms with Crippen LogP contribution in [0.3, 0.4) is 0 Å². The average molecular weight is 225 g/mol.